The molecule has 3 N–H and O–H groups in total. The molecule has 1 atom stereocenters. The van der Waals surface area contributed by atoms with Gasteiger partial charge in [0.25, 0.3) is 0 Å². The molecule has 0 fully saturated rings. The van der Waals surface area contributed by atoms with E-state index in [9.17, 15) is 9.59 Å². The molecular weight excluding hydrogens is 349 g/mol. The highest BCUT2D eigenvalue weighted by atomic mass is 35.5. The molecule has 6 nitrogen and oxygen atoms in total. The fourth-order valence-corrected chi connectivity index (χ4v) is 2.06. The molecule has 1 rings (SSSR count). The lowest BCUT2D eigenvalue weighted by atomic mass is 9.87. The van der Waals surface area contributed by atoms with Gasteiger partial charge in [-0.15, -0.1) is 36.2 Å². The van der Waals surface area contributed by atoms with Gasteiger partial charge in [-0.25, -0.2) is 9.78 Å². The van der Waals surface area contributed by atoms with E-state index in [0.29, 0.717) is 11.6 Å². The Kier molecular flexibility index (Phi) is 10.6. The summed E-state index contributed by atoms with van der Waals surface area (Å²) >= 11 is 1.30. The molecule has 1 amide bonds. The Labute approximate surface area is 147 Å². The maximum Gasteiger partial charge on any atom is 0.357 e. The molecule has 0 aliphatic heterocycles. The highest BCUT2D eigenvalue weighted by molar-refractivity contribution is 7.09. The van der Waals surface area contributed by atoms with Gasteiger partial charge in [-0.05, 0) is 12.3 Å². The minimum Gasteiger partial charge on any atom is -0.461 e. The van der Waals surface area contributed by atoms with Crippen molar-refractivity contribution in [1.82, 2.24) is 10.3 Å². The van der Waals surface area contributed by atoms with E-state index in [4.69, 9.17) is 10.5 Å². The standard InChI is InChI=1S/C13H21N3O3S.2ClH/c1-5-19-12(18)8-7-20-9(16-8)6-15-11(17)10(14)13(2,3)4;;/h7,10H,5-6,14H2,1-4H3,(H,15,17);2*1H/t10-;;/m1../s1. The number of esters is 1. The van der Waals surface area contributed by atoms with E-state index in [-0.39, 0.29) is 48.4 Å². The van der Waals surface area contributed by atoms with E-state index in [1.165, 1.54) is 11.3 Å². The number of carbonyl (C=O) groups excluding carboxylic acids is 2. The van der Waals surface area contributed by atoms with Crippen LogP contribution in [0, 0.1) is 5.41 Å². The van der Waals surface area contributed by atoms with Crippen molar-refractivity contribution in [2.45, 2.75) is 40.3 Å². The first-order valence-electron chi connectivity index (χ1n) is 6.40. The van der Waals surface area contributed by atoms with Gasteiger partial charge in [-0.2, -0.15) is 0 Å². The summed E-state index contributed by atoms with van der Waals surface area (Å²) in [5, 5.41) is 4.98. The van der Waals surface area contributed by atoms with Crippen molar-refractivity contribution in [2.75, 3.05) is 6.61 Å². The second-order valence-electron chi connectivity index (χ2n) is 5.41. The van der Waals surface area contributed by atoms with Crippen LogP contribution < -0.4 is 11.1 Å². The third-order valence-corrected chi connectivity index (χ3v) is 3.51. The summed E-state index contributed by atoms with van der Waals surface area (Å²) in [6.07, 6.45) is 0. The monoisotopic (exact) mass is 371 g/mol. The normalized spacial score (nSPS) is 11.7. The SMILES string of the molecule is CCOC(=O)c1csc(CNC(=O)[C@@H](N)C(C)(C)C)n1.Cl.Cl. The molecule has 0 saturated carbocycles. The number of ether oxygens (including phenoxy) is 1. The first-order chi connectivity index (χ1) is 9.25. The van der Waals surface area contributed by atoms with Crippen molar-refractivity contribution in [3.05, 3.63) is 16.1 Å². The predicted octanol–water partition coefficient (Wildman–Crippen LogP) is 2.15. The van der Waals surface area contributed by atoms with Crippen LogP contribution in [0.1, 0.15) is 43.2 Å². The highest BCUT2D eigenvalue weighted by Crippen LogP contribution is 2.17. The van der Waals surface area contributed by atoms with Crippen molar-refractivity contribution in [2.24, 2.45) is 11.1 Å². The summed E-state index contributed by atoms with van der Waals surface area (Å²) < 4.78 is 4.85. The molecule has 0 radical (unpaired) electrons. The van der Waals surface area contributed by atoms with Gasteiger partial charge in [0.05, 0.1) is 19.2 Å². The molecule has 0 aliphatic rings. The fourth-order valence-electron chi connectivity index (χ4n) is 1.36. The number of halogens is 2. The Morgan fingerprint density at radius 2 is 2.00 bits per heavy atom. The number of carbonyl (C=O) groups is 2. The van der Waals surface area contributed by atoms with Crippen LogP contribution in [0.15, 0.2) is 5.38 Å². The van der Waals surface area contributed by atoms with Crippen molar-refractivity contribution in [1.29, 1.82) is 0 Å². The average Bonchev–Trinajstić information content (AvgIpc) is 2.83. The van der Waals surface area contributed by atoms with Gasteiger partial charge in [-0.3, -0.25) is 4.79 Å². The maximum absolute atomic E-state index is 11.9. The highest BCUT2D eigenvalue weighted by Gasteiger charge is 2.27. The lowest BCUT2D eigenvalue weighted by Crippen LogP contribution is -2.48. The summed E-state index contributed by atoms with van der Waals surface area (Å²) in [6.45, 7) is 8.01. The third kappa shape index (κ3) is 6.91. The number of aromatic nitrogens is 1. The molecular formula is C13H23Cl2N3O3S. The Morgan fingerprint density at radius 1 is 1.41 bits per heavy atom. The van der Waals surface area contributed by atoms with Gasteiger partial charge >= 0.3 is 5.97 Å². The summed E-state index contributed by atoms with van der Waals surface area (Å²) in [4.78, 5) is 27.4. The number of rotatable bonds is 5. The Balaban J connectivity index is 0. The first-order valence-corrected chi connectivity index (χ1v) is 7.28. The van der Waals surface area contributed by atoms with Crippen LogP contribution in [-0.4, -0.2) is 29.5 Å². The van der Waals surface area contributed by atoms with Gasteiger partial charge < -0.3 is 15.8 Å². The van der Waals surface area contributed by atoms with Crippen molar-refractivity contribution < 1.29 is 14.3 Å². The number of nitrogens with zero attached hydrogens (tertiary/aromatic N) is 1. The Morgan fingerprint density at radius 3 is 2.50 bits per heavy atom. The summed E-state index contributed by atoms with van der Waals surface area (Å²) in [7, 11) is 0. The maximum atomic E-state index is 11.9. The van der Waals surface area contributed by atoms with Crippen molar-refractivity contribution in [3.63, 3.8) is 0 Å². The molecule has 1 heterocycles. The molecule has 0 bridgehead atoms. The second-order valence-corrected chi connectivity index (χ2v) is 6.35. The lowest BCUT2D eigenvalue weighted by Gasteiger charge is -2.25. The van der Waals surface area contributed by atoms with Gasteiger partial charge in [0.2, 0.25) is 5.91 Å². The van der Waals surface area contributed by atoms with Crippen LogP contribution >= 0.6 is 36.2 Å². The number of amides is 1. The predicted molar refractivity (Wildman–Crippen MR) is 91.8 cm³/mol. The molecule has 0 saturated heterocycles. The van der Waals surface area contributed by atoms with Crippen LogP contribution in [-0.2, 0) is 16.1 Å². The zero-order valence-electron chi connectivity index (χ0n) is 13.0. The number of thiazole rings is 1. The fraction of sp³-hybridized carbons (Fsp3) is 0.615. The molecule has 0 aliphatic carbocycles. The van der Waals surface area contributed by atoms with Crippen LogP contribution in [0.5, 0.6) is 0 Å². The van der Waals surface area contributed by atoms with E-state index in [1.54, 1.807) is 12.3 Å². The molecule has 128 valence electrons. The quantitative estimate of drug-likeness (QED) is 0.773. The van der Waals surface area contributed by atoms with Gasteiger partial charge in [-0.1, -0.05) is 20.8 Å². The Hall–Kier alpha value is -0.890. The van der Waals surface area contributed by atoms with E-state index >= 15 is 0 Å². The van der Waals surface area contributed by atoms with E-state index < -0.39 is 12.0 Å². The first kappa shape index (κ1) is 23.4. The van der Waals surface area contributed by atoms with E-state index in [0.717, 1.165) is 0 Å². The largest absolute Gasteiger partial charge is 0.461 e. The van der Waals surface area contributed by atoms with E-state index in [1.807, 2.05) is 20.8 Å². The summed E-state index contributed by atoms with van der Waals surface area (Å²) in [6, 6.07) is -0.591. The second kappa shape index (κ2) is 9.99. The van der Waals surface area contributed by atoms with Crippen LogP contribution in [0.2, 0.25) is 0 Å². The number of hydrogen-bond acceptors (Lipinski definition) is 6. The molecule has 0 spiro atoms. The van der Waals surface area contributed by atoms with Crippen molar-refractivity contribution >= 4 is 48.0 Å². The molecule has 0 unspecified atom stereocenters. The Bertz CT molecular complexity index is 489. The smallest absolute Gasteiger partial charge is 0.357 e. The minimum absolute atomic E-state index is 0. The molecule has 22 heavy (non-hydrogen) atoms. The number of hydrogen-bond donors (Lipinski definition) is 2. The number of nitrogens with two attached hydrogens (primary N) is 1. The van der Waals surface area contributed by atoms with Crippen LogP contribution in [0.4, 0.5) is 0 Å². The summed E-state index contributed by atoms with van der Waals surface area (Å²) in [5.74, 6) is -0.682. The molecule has 1 aromatic heterocycles. The lowest BCUT2D eigenvalue weighted by molar-refractivity contribution is -0.124. The summed E-state index contributed by atoms with van der Waals surface area (Å²) in [5.41, 5.74) is 5.81. The minimum atomic E-state index is -0.591. The zero-order valence-corrected chi connectivity index (χ0v) is 15.5. The average molecular weight is 372 g/mol. The van der Waals surface area contributed by atoms with Gasteiger partial charge in [0, 0.05) is 5.38 Å². The molecule has 1 aromatic rings. The van der Waals surface area contributed by atoms with Crippen LogP contribution in [0.3, 0.4) is 0 Å². The van der Waals surface area contributed by atoms with Gasteiger partial charge in [0.1, 0.15) is 5.01 Å². The third-order valence-electron chi connectivity index (χ3n) is 2.67. The van der Waals surface area contributed by atoms with Crippen molar-refractivity contribution in [3.8, 4) is 0 Å². The topological polar surface area (TPSA) is 94.3 Å². The number of nitrogens with one attached hydrogen (secondary N) is 1. The van der Waals surface area contributed by atoms with Gasteiger partial charge in [0.15, 0.2) is 5.69 Å². The molecule has 0 aromatic carbocycles. The van der Waals surface area contributed by atoms with Crippen LogP contribution in [0.25, 0.3) is 0 Å². The molecule has 9 heteroatoms. The van der Waals surface area contributed by atoms with E-state index in [2.05, 4.69) is 10.3 Å². The zero-order chi connectivity index (χ0) is 15.3.